The Bertz CT molecular complexity index is 569. The van der Waals surface area contributed by atoms with Gasteiger partial charge in [0.25, 0.3) is 5.92 Å². The lowest BCUT2D eigenvalue weighted by Gasteiger charge is -2.20. The number of anilines is 1. The normalized spacial score (nSPS) is 24.1. The van der Waals surface area contributed by atoms with E-state index in [0.29, 0.717) is 12.8 Å². The van der Waals surface area contributed by atoms with Crippen molar-refractivity contribution in [2.24, 2.45) is 16.6 Å². The average Bonchev–Trinajstić information content (AvgIpc) is 2.84. The first-order valence-corrected chi connectivity index (χ1v) is 8.12. The molecule has 0 spiro atoms. The van der Waals surface area contributed by atoms with Gasteiger partial charge in [0.15, 0.2) is 5.96 Å². The van der Waals surface area contributed by atoms with Crippen LogP contribution < -0.4 is 11.1 Å². The molecule has 2 aliphatic carbocycles. The van der Waals surface area contributed by atoms with E-state index in [1.54, 1.807) is 0 Å². The summed E-state index contributed by atoms with van der Waals surface area (Å²) in [5, 5.41) is 3.10. The highest BCUT2D eigenvalue weighted by Crippen LogP contribution is 2.40. The second-order valence-electron chi connectivity index (χ2n) is 6.35. The zero-order chi connectivity index (χ0) is 15.6. The maximum atomic E-state index is 13.6. The first-order valence-electron chi connectivity index (χ1n) is 8.12. The molecule has 3 nitrogen and oxygen atoms in total. The third kappa shape index (κ3) is 3.23. The fraction of sp³-hybridized carbons (Fsp3) is 0.588. The molecule has 1 unspecified atom stereocenters. The number of aryl methyl sites for hydroxylation is 1. The molecule has 0 radical (unpaired) electrons. The van der Waals surface area contributed by atoms with Crippen LogP contribution in [0.1, 0.15) is 43.2 Å². The molecule has 3 N–H and O–H groups in total. The van der Waals surface area contributed by atoms with Crippen LogP contribution in [0.5, 0.6) is 0 Å². The smallest absolute Gasteiger partial charge is 0.252 e. The summed E-state index contributed by atoms with van der Waals surface area (Å²) in [7, 11) is 0. The fourth-order valence-electron chi connectivity index (χ4n) is 3.51. The molecule has 1 aromatic carbocycles. The van der Waals surface area contributed by atoms with Gasteiger partial charge in [-0.05, 0) is 55.7 Å². The lowest BCUT2D eigenvalue weighted by molar-refractivity contribution is -0.0329. The molecule has 3 rings (SSSR count). The quantitative estimate of drug-likeness (QED) is 0.660. The summed E-state index contributed by atoms with van der Waals surface area (Å²) < 4.78 is 27.2. The van der Waals surface area contributed by atoms with Crippen LogP contribution in [0, 0.1) is 5.92 Å². The Hall–Kier alpha value is -1.65. The van der Waals surface area contributed by atoms with E-state index in [9.17, 15) is 8.78 Å². The number of benzene rings is 1. The van der Waals surface area contributed by atoms with Crippen LogP contribution in [-0.2, 0) is 12.8 Å². The highest BCUT2D eigenvalue weighted by molar-refractivity contribution is 5.93. The van der Waals surface area contributed by atoms with Gasteiger partial charge >= 0.3 is 0 Å². The Labute approximate surface area is 130 Å². The maximum absolute atomic E-state index is 13.6. The number of guanidine groups is 1. The lowest BCUT2D eigenvalue weighted by atomic mass is 9.90. The standard InChI is InChI=1S/C17H23F2N3/c18-17(19)10-4-7-13(17)11-21-16(20)22-15-9-3-6-12-5-1-2-8-14(12)15/h3,6,9,13H,1-2,4-5,7-8,10-11H2,(H3,20,21,22). The monoisotopic (exact) mass is 307 g/mol. The van der Waals surface area contributed by atoms with E-state index in [1.165, 1.54) is 24.0 Å². The van der Waals surface area contributed by atoms with Gasteiger partial charge in [-0.3, -0.25) is 4.99 Å². The minimum absolute atomic E-state index is 0.0211. The van der Waals surface area contributed by atoms with E-state index in [2.05, 4.69) is 16.4 Å². The largest absolute Gasteiger partial charge is 0.370 e. The van der Waals surface area contributed by atoms with Crippen molar-refractivity contribution in [3.63, 3.8) is 0 Å². The molecule has 0 amide bonds. The van der Waals surface area contributed by atoms with Gasteiger partial charge in [0.2, 0.25) is 0 Å². The van der Waals surface area contributed by atoms with Crippen molar-refractivity contribution in [2.45, 2.75) is 50.9 Å². The van der Waals surface area contributed by atoms with Gasteiger partial charge < -0.3 is 11.1 Å². The highest BCUT2D eigenvalue weighted by Gasteiger charge is 2.43. The number of nitrogens with one attached hydrogen (secondary N) is 1. The minimum Gasteiger partial charge on any atom is -0.370 e. The average molecular weight is 307 g/mol. The maximum Gasteiger partial charge on any atom is 0.252 e. The highest BCUT2D eigenvalue weighted by atomic mass is 19.3. The van der Waals surface area contributed by atoms with E-state index < -0.39 is 11.8 Å². The molecule has 22 heavy (non-hydrogen) atoms. The Kier molecular flexibility index (Phi) is 4.32. The van der Waals surface area contributed by atoms with E-state index in [-0.39, 0.29) is 18.9 Å². The second-order valence-corrected chi connectivity index (χ2v) is 6.35. The molecule has 2 aliphatic rings. The van der Waals surface area contributed by atoms with Gasteiger partial charge in [-0.25, -0.2) is 8.78 Å². The van der Waals surface area contributed by atoms with E-state index in [0.717, 1.165) is 18.5 Å². The molecule has 120 valence electrons. The third-order valence-corrected chi connectivity index (χ3v) is 4.80. The van der Waals surface area contributed by atoms with Gasteiger partial charge in [0, 0.05) is 18.0 Å². The summed E-state index contributed by atoms with van der Waals surface area (Å²) in [6, 6.07) is 6.13. The number of halogens is 2. The molecular formula is C17H23F2N3. The van der Waals surface area contributed by atoms with Gasteiger partial charge in [-0.15, -0.1) is 0 Å². The molecule has 0 saturated heterocycles. The number of nitrogens with zero attached hydrogens (tertiary/aromatic N) is 1. The van der Waals surface area contributed by atoms with Crippen LogP contribution >= 0.6 is 0 Å². The Morgan fingerprint density at radius 1 is 1.27 bits per heavy atom. The van der Waals surface area contributed by atoms with Crippen LogP contribution in [0.4, 0.5) is 14.5 Å². The van der Waals surface area contributed by atoms with E-state index in [4.69, 9.17) is 5.73 Å². The number of alkyl halides is 2. The Morgan fingerprint density at radius 2 is 2.09 bits per heavy atom. The molecule has 1 fully saturated rings. The van der Waals surface area contributed by atoms with Crippen molar-refractivity contribution < 1.29 is 8.78 Å². The lowest BCUT2D eigenvalue weighted by Crippen LogP contribution is -2.28. The van der Waals surface area contributed by atoms with Gasteiger partial charge in [0.05, 0.1) is 6.54 Å². The van der Waals surface area contributed by atoms with Gasteiger partial charge in [0.1, 0.15) is 0 Å². The number of fused-ring (bicyclic) bond motifs is 1. The summed E-state index contributed by atoms with van der Waals surface area (Å²) in [5.41, 5.74) is 9.51. The SMILES string of the molecule is NC(=NCC1CCCC1(F)F)Nc1cccc2c1CCCC2. The number of hydrogen-bond acceptors (Lipinski definition) is 1. The van der Waals surface area contributed by atoms with Crippen LogP contribution in [0.3, 0.4) is 0 Å². The van der Waals surface area contributed by atoms with Crippen LogP contribution in [0.25, 0.3) is 0 Å². The van der Waals surface area contributed by atoms with Crippen LogP contribution in [0.2, 0.25) is 0 Å². The van der Waals surface area contributed by atoms with Crippen molar-refractivity contribution in [1.29, 1.82) is 0 Å². The zero-order valence-electron chi connectivity index (χ0n) is 12.7. The molecule has 0 aliphatic heterocycles. The van der Waals surface area contributed by atoms with Crippen molar-refractivity contribution in [3.05, 3.63) is 29.3 Å². The Balaban J connectivity index is 1.67. The topological polar surface area (TPSA) is 50.4 Å². The first-order chi connectivity index (χ1) is 10.6. The molecule has 1 atom stereocenters. The van der Waals surface area contributed by atoms with Gasteiger partial charge in [-0.2, -0.15) is 0 Å². The first kappa shape index (κ1) is 15.3. The predicted octanol–water partition coefficient (Wildman–Crippen LogP) is 3.73. The fourth-order valence-corrected chi connectivity index (χ4v) is 3.51. The summed E-state index contributed by atoms with van der Waals surface area (Å²) in [5.74, 6) is -3.02. The molecule has 0 aromatic heterocycles. The summed E-state index contributed by atoms with van der Waals surface area (Å²) in [4.78, 5) is 4.15. The van der Waals surface area contributed by atoms with Crippen molar-refractivity contribution >= 4 is 11.6 Å². The molecule has 5 heteroatoms. The number of rotatable bonds is 3. The number of nitrogens with two attached hydrogens (primary N) is 1. The molecule has 1 saturated carbocycles. The van der Waals surface area contributed by atoms with Crippen LogP contribution in [0.15, 0.2) is 23.2 Å². The second kappa shape index (κ2) is 6.23. The Morgan fingerprint density at radius 3 is 2.86 bits per heavy atom. The summed E-state index contributed by atoms with van der Waals surface area (Å²) in [6.45, 7) is 0.0981. The van der Waals surface area contributed by atoms with E-state index in [1.807, 2.05) is 12.1 Å². The van der Waals surface area contributed by atoms with Crippen molar-refractivity contribution in [2.75, 3.05) is 11.9 Å². The predicted molar refractivity (Wildman–Crippen MR) is 85.5 cm³/mol. The molecular weight excluding hydrogens is 284 g/mol. The third-order valence-electron chi connectivity index (χ3n) is 4.80. The minimum atomic E-state index is -2.59. The zero-order valence-corrected chi connectivity index (χ0v) is 12.7. The van der Waals surface area contributed by atoms with Crippen LogP contribution in [-0.4, -0.2) is 18.4 Å². The molecule has 1 aromatic rings. The number of aliphatic imine (C=N–C) groups is 1. The summed E-state index contributed by atoms with van der Waals surface area (Å²) >= 11 is 0. The van der Waals surface area contributed by atoms with Crippen molar-refractivity contribution in [3.8, 4) is 0 Å². The van der Waals surface area contributed by atoms with E-state index >= 15 is 0 Å². The molecule has 0 bridgehead atoms. The number of hydrogen-bond donors (Lipinski definition) is 2. The summed E-state index contributed by atoms with van der Waals surface area (Å²) in [6.07, 6.45) is 5.61. The molecule has 0 heterocycles. The van der Waals surface area contributed by atoms with Gasteiger partial charge in [-0.1, -0.05) is 12.1 Å². The van der Waals surface area contributed by atoms with Crippen molar-refractivity contribution in [1.82, 2.24) is 0 Å².